The fourth-order valence-electron chi connectivity index (χ4n) is 9.41. The average molecular weight is 837 g/mol. The second-order valence-electron chi connectivity index (χ2n) is 17.3. The van der Waals surface area contributed by atoms with E-state index in [9.17, 15) is 28.8 Å². The van der Waals surface area contributed by atoms with Gasteiger partial charge in [0.15, 0.2) is 11.7 Å². The Labute approximate surface area is 358 Å². The van der Waals surface area contributed by atoms with Crippen LogP contribution in [0.3, 0.4) is 0 Å². The Bertz CT molecular complexity index is 2010. The standard InChI is InChI=1S/C47H64N8O6/c48-47(49)51-24-9-16-33-29-42(57)39(28-35-30-52-38-19-8-7-18-37(35)38)53-44(59)40(26-32-14-5-2-6-15-32)54-45(60)41-20-11-25-55(41)46(61)34(17-10-23-50-43(33)58)27-36(56)22-21-31-12-3-1-4-13-31/h1,3-4,7-8,12-13,18-19,30,32-34,39-41,52H,2,5-6,9-11,14-17,20-29H2,(H,50,58)(H,53,59)(H,54,60)(H4,48,49,51)/t33-,34-,39+,40-,41+/m1/s1. The van der Waals surface area contributed by atoms with Gasteiger partial charge in [-0.3, -0.25) is 33.8 Å². The molecular formula is C47H64N8O6. The number of fused-ring (bicyclic) bond motifs is 2. The molecule has 0 unspecified atom stereocenters. The van der Waals surface area contributed by atoms with Crippen LogP contribution in [-0.4, -0.2) is 88.8 Å². The van der Waals surface area contributed by atoms with Crippen molar-refractivity contribution >= 4 is 52.1 Å². The van der Waals surface area contributed by atoms with Gasteiger partial charge in [0.1, 0.15) is 17.9 Å². The van der Waals surface area contributed by atoms with Crippen LogP contribution in [0, 0.1) is 17.8 Å². The van der Waals surface area contributed by atoms with E-state index in [-0.39, 0.29) is 74.0 Å². The van der Waals surface area contributed by atoms with Crippen molar-refractivity contribution in [3.05, 3.63) is 71.9 Å². The number of hydrogen-bond acceptors (Lipinski definition) is 7. The first-order chi connectivity index (χ1) is 29.5. The third-order valence-corrected chi connectivity index (χ3v) is 12.8. The number of Topliss-reactive ketones (excluding diaryl/α,β-unsaturated/α-hetero) is 2. The number of aromatic nitrogens is 1. The van der Waals surface area contributed by atoms with Crippen LogP contribution in [0.2, 0.25) is 0 Å². The number of hydrogen-bond donors (Lipinski definition) is 6. The second-order valence-corrected chi connectivity index (χ2v) is 17.3. The van der Waals surface area contributed by atoms with Gasteiger partial charge in [0.05, 0.1) is 6.04 Å². The summed E-state index contributed by atoms with van der Waals surface area (Å²) in [5, 5.41) is 10.0. The molecule has 1 aliphatic carbocycles. The number of aromatic amines is 1. The number of carbonyl (C=O) groups is 6. The fourth-order valence-corrected chi connectivity index (χ4v) is 9.41. The summed E-state index contributed by atoms with van der Waals surface area (Å²) in [6.07, 6.45) is 10.8. The maximum absolute atomic E-state index is 14.6. The lowest BCUT2D eigenvalue weighted by molar-refractivity contribution is -0.144. The number of benzene rings is 2. The summed E-state index contributed by atoms with van der Waals surface area (Å²) >= 11 is 0. The number of nitrogens with zero attached hydrogens (tertiary/aromatic N) is 2. The number of nitrogens with one attached hydrogen (secondary N) is 4. The van der Waals surface area contributed by atoms with Gasteiger partial charge in [-0.25, -0.2) is 0 Å². The van der Waals surface area contributed by atoms with Gasteiger partial charge >= 0.3 is 0 Å². The lowest BCUT2D eigenvalue weighted by atomic mass is 9.84. The molecule has 0 spiro atoms. The molecular weight excluding hydrogens is 773 g/mol. The second kappa shape index (κ2) is 22.4. The summed E-state index contributed by atoms with van der Waals surface area (Å²) < 4.78 is 0. The van der Waals surface area contributed by atoms with Gasteiger partial charge in [0.25, 0.3) is 0 Å². The molecule has 3 heterocycles. The summed E-state index contributed by atoms with van der Waals surface area (Å²) in [5.74, 6) is -3.08. The molecule has 328 valence electrons. The van der Waals surface area contributed by atoms with Crippen molar-refractivity contribution in [2.45, 2.75) is 127 Å². The van der Waals surface area contributed by atoms with Gasteiger partial charge in [0.2, 0.25) is 23.6 Å². The molecule has 1 saturated carbocycles. The number of para-hydroxylation sites is 1. The number of amides is 4. The molecule has 2 aliphatic heterocycles. The Morgan fingerprint density at radius 2 is 1.54 bits per heavy atom. The Morgan fingerprint density at radius 3 is 2.33 bits per heavy atom. The summed E-state index contributed by atoms with van der Waals surface area (Å²) in [4.78, 5) is 94.1. The van der Waals surface area contributed by atoms with Gasteiger partial charge in [-0.15, -0.1) is 0 Å². The molecule has 5 atom stereocenters. The monoisotopic (exact) mass is 836 g/mol. The van der Waals surface area contributed by atoms with Crippen molar-refractivity contribution in [3.8, 4) is 0 Å². The fraction of sp³-hybridized carbons (Fsp3) is 0.553. The molecule has 2 aromatic carbocycles. The predicted octanol–water partition coefficient (Wildman–Crippen LogP) is 4.39. The number of ketones is 2. The van der Waals surface area contributed by atoms with E-state index in [0.29, 0.717) is 57.9 Å². The van der Waals surface area contributed by atoms with Crippen molar-refractivity contribution in [1.29, 1.82) is 0 Å². The Kier molecular flexibility index (Phi) is 16.5. The first-order valence-electron chi connectivity index (χ1n) is 22.4. The zero-order valence-electron chi connectivity index (χ0n) is 35.4. The zero-order chi connectivity index (χ0) is 43.1. The van der Waals surface area contributed by atoms with Crippen molar-refractivity contribution in [2.75, 3.05) is 19.6 Å². The maximum Gasteiger partial charge on any atom is 0.243 e. The minimum Gasteiger partial charge on any atom is -0.370 e. The van der Waals surface area contributed by atoms with E-state index in [1.54, 1.807) is 4.90 Å². The minimum absolute atomic E-state index is 0.0247. The van der Waals surface area contributed by atoms with Crippen molar-refractivity contribution in [3.63, 3.8) is 0 Å². The van der Waals surface area contributed by atoms with Crippen molar-refractivity contribution in [2.24, 2.45) is 34.2 Å². The van der Waals surface area contributed by atoms with Gasteiger partial charge in [-0.05, 0) is 74.5 Å². The molecule has 3 fully saturated rings. The van der Waals surface area contributed by atoms with Crippen LogP contribution in [0.15, 0.2) is 65.8 Å². The molecule has 61 heavy (non-hydrogen) atoms. The molecule has 14 heteroatoms. The van der Waals surface area contributed by atoms with Crippen LogP contribution >= 0.6 is 0 Å². The smallest absolute Gasteiger partial charge is 0.243 e. The molecule has 4 amide bonds. The first kappa shape index (κ1) is 45.0. The van der Waals surface area contributed by atoms with Gasteiger partial charge < -0.3 is 37.3 Å². The van der Waals surface area contributed by atoms with E-state index in [0.717, 1.165) is 54.1 Å². The van der Waals surface area contributed by atoms with Gasteiger partial charge in [0, 0.05) is 74.3 Å². The number of H-pyrrole nitrogens is 1. The SMILES string of the molecule is NC(N)=NCCC[C@@H]1CC(=O)[C@H](Cc2c[nH]c3ccccc23)NC(=O)[C@@H](CC2CCCCC2)NC(=O)[C@@H]2CCCN2C(=O)[C@@H](CC(=O)CCc2ccccc2)CCCNC1=O. The highest BCUT2D eigenvalue weighted by atomic mass is 16.2. The van der Waals surface area contributed by atoms with Gasteiger partial charge in [-0.1, -0.05) is 80.6 Å². The number of aryl methyl sites for hydroxylation is 1. The number of aliphatic imine (C=N–C) groups is 1. The first-order valence-corrected chi connectivity index (χ1v) is 22.4. The highest BCUT2D eigenvalue weighted by Crippen LogP contribution is 2.29. The molecule has 3 aliphatic rings. The summed E-state index contributed by atoms with van der Waals surface area (Å²) in [7, 11) is 0. The Balaban J connectivity index is 1.29. The van der Waals surface area contributed by atoms with E-state index in [1.165, 1.54) is 0 Å². The number of carbonyl (C=O) groups excluding carboxylic acids is 6. The minimum atomic E-state index is -0.992. The van der Waals surface area contributed by atoms with E-state index in [4.69, 9.17) is 11.5 Å². The molecule has 2 saturated heterocycles. The third-order valence-electron chi connectivity index (χ3n) is 12.8. The average Bonchev–Trinajstić information content (AvgIpc) is 3.92. The number of rotatable bonds is 13. The number of nitrogens with two attached hydrogens (primary N) is 2. The molecule has 14 nitrogen and oxygen atoms in total. The molecule has 6 rings (SSSR count). The highest BCUT2D eigenvalue weighted by molar-refractivity contribution is 5.97. The van der Waals surface area contributed by atoms with E-state index >= 15 is 0 Å². The summed E-state index contributed by atoms with van der Waals surface area (Å²) in [6, 6.07) is 14.7. The molecule has 1 aromatic heterocycles. The van der Waals surface area contributed by atoms with Crippen molar-refractivity contribution in [1.82, 2.24) is 25.8 Å². The lowest BCUT2D eigenvalue weighted by Crippen LogP contribution is -2.56. The van der Waals surface area contributed by atoms with Crippen LogP contribution in [0.5, 0.6) is 0 Å². The largest absolute Gasteiger partial charge is 0.370 e. The molecule has 3 aromatic rings. The van der Waals surface area contributed by atoms with Crippen LogP contribution in [-0.2, 0) is 41.6 Å². The van der Waals surface area contributed by atoms with E-state index in [2.05, 4.69) is 25.9 Å². The van der Waals surface area contributed by atoms with E-state index in [1.807, 2.05) is 60.8 Å². The van der Waals surface area contributed by atoms with Crippen molar-refractivity contribution < 1.29 is 28.8 Å². The normalized spacial score (nSPS) is 24.0. The van der Waals surface area contributed by atoms with E-state index < -0.39 is 41.8 Å². The molecule has 0 bridgehead atoms. The lowest BCUT2D eigenvalue weighted by Gasteiger charge is -2.32. The summed E-state index contributed by atoms with van der Waals surface area (Å²) in [5.41, 5.74) is 13.9. The van der Waals surface area contributed by atoms with Crippen LogP contribution in [0.1, 0.15) is 107 Å². The predicted molar refractivity (Wildman–Crippen MR) is 235 cm³/mol. The number of guanidine groups is 1. The summed E-state index contributed by atoms with van der Waals surface area (Å²) in [6.45, 7) is 0.865. The van der Waals surface area contributed by atoms with Crippen LogP contribution in [0.25, 0.3) is 10.9 Å². The van der Waals surface area contributed by atoms with Crippen LogP contribution in [0.4, 0.5) is 0 Å². The Morgan fingerprint density at radius 1 is 0.787 bits per heavy atom. The topological polar surface area (TPSA) is 222 Å². The highest BCUT2D eigenvalue weighted by Gasteiger charge is 2.40. The van der Waals surface area contributed by atoms with Crippen LogP contribution < -0.4 is 27.4 Å². The Hall–Kier alpha value is -5.53. The van der Waals surface area contributed by atoms with Gasteiger partial charge in [-0.2, -0.15) is 0 Å². The maximum atomic E-state index is 14.6. The molecule has 0 radical (unpaired) electrons. The third kappa shape index (κ3) is 13.0. The zero-order valence-corrected chi connectivity index (χ0v) is 35.4. The quantitative estimate of drug-likeness (QED) is 0.0822. The molecule has 8 N–H and O–H groups in total.